The van der Waals surface area contributed by atoms with Gasteiger partial charge in [-0.15, -0.1) is 6.58 Å². The van der Waals surface area contributed by atoms with Gasteiger partial charge in [-0.25, -0.2) is 0 Å². The van der Waals surface area contributed by atoms with Gasteiger partial charge in [0, 0.05) is 10.0 Å². The van der Waals surface area contributed by atoms with E-state index in [1.165, 1.54) is 0 Å². The van der Waals surface area contributed by atoms with E-state index in [1.54, 1.807) is 0 Å². The molecule has 0 nitrogen and oxygen atoms in total. The number of allylic oxidation sites excluding steroid dienone is 1. The Balaban J connectivity index is 2.88. The summed E-state index contributed by atoms with van der Waals surface area (Å²) in [5, 5.41) is 1.48. The summed E-state index contributed by atoms with van der Waals surface area (Å²) in [6.45, 7) is 3.65. The molecule has 0 aromatic heterocycles. The minimum absolute atomic E-state index is 0.740. The van der Waals surface area contributed by atoms with Crippen molar-refractivity contribution in [2.45, 2.75) is 12.8 Å². The molecular formula is C10H10Cl2. The smallest absolute Gasteiger partial charge is 0.0452 e. The van der Waals surface area contributed by atoms with Crippen LogP contribution in [0.25, 0.3) is 0 Å². The zero-order valence-corrected chi connectivity index (χ0v) is 8.20. The first-order valence-electron chi connectivity index (χ1n) is 3.79. The fourth-order valence-corrected chi connectivity index (χ4v) is 1.60. The SMILES string of the molecule is C=CCCc1c(Cl)cccc1Cl. The predicted molar refractivity (Wildman–Crippen MR) is 55.0 cm³/mol. The first-order chi connectivity index (χ1) is 5.75. The molecule has 0 heterocycles. The molecule has 0 saturated heterocycles. The minimum Gasteiger partial charge on any atom is -0.103 e. The fourth-order valence-electron chi connectivity index (χ4n) is 1.02. The Morgan fingerprint density at radius 3 is 2.33 bits per heavy atom. The molecule has 0 N–H and O–H groups in total. The van der Waals surface area contributed by atoms with E-state index >= 15 is 0 Å². The third kappa shape index (κ3) is 2.26. The van der Waals surface area contributed by atoms with Crippen LogP contribution in [-0.2, 0) is 6.42 Å². The van der Waals surface area contributed by atoms with Gasteiger partial charge in [0.15, 0.2) is 0 Å². The molecule has 0 amide bonds. The molecule has 0 aliphatic heterocycles. The third-order valence-electron chi connectivity index (χ3n) is 1.66. The van der Waals surface area contributed by atoms with E-state index in [4.69, 9.17) is 23.2 Å². The molecule has 1 aromatic carbocycles. The zero-order chi connectivity index (χ0) is 8.97. The summed E-state index contributed by atoms with van der Waals surface area (Å²) in [6, 6.07) is 5.56. The molecule has 64 valence electrons. The van der Waals surface area contributed by atoms with E-state index in [1.807, 2.05) is 24.3 Å². The van der Waals surface area contributed by atoms with E-state index in [0.29, 0.717) is 0 Å². The van der Waals surface area contributed by atoms with Crippen LogP contribution in [0.15, 0.2) is 30.9 Å². The average molecular weight is 201 g/mol. The largest absolute Gasteiger partial charge is 0.103 e. The fraction of sp³-hybridized carbons (Fsp3) is 0.200. The van der Waals surface area contributed by atoms with Gasteiger partial charge in [0.05, 0.1) is 0 Å². The summed E-state index contributed by atoms with van der Waals surface area (Å²) >= 11 is 11.9. The molecule has 0 fully saturated rings. The van der Waals surface area contributed by atoms with E-state index < -0.39 is 0 Å². The molecular weight excluding hydrogens is 191 g/mol. The van der Waals surface area contributed by atoms with Crippen molar-refractivity contribution in [1.82, 2.24) is 0 Å². The van der Waals surface area contributed by atoms with Crippen LogP contribution >= 0.6 is 23.2 Å². The highest BCUT2D eigenvalue weighted by molar-refractivity contribution is 6.35. The summed E-state index contributed by atoms with van der Waals surface area (Å²) in [6.07, 6.45) is 3.63. The van der Waals surface area contributed by atoms with Gasteiger partial charge < -0.3 is 0 Å². The Labute approximate surface area is 82.8 Å². The predicted octanol–water partition coefficient (Wildman–Crippen LogP) is 4.11. The van der Waals surface area contributed by atoms with Crippen LogP contribution in [0.4, 0.5) is 0 Å². The summed E-state index contributed by atoms with van der Waals surface area (Å²) in [7, 11) is 0. The van der Waals surface area contributed by atoms with Crippen LogP contribution < -0.4 is 0 Å². The lowest BCUT2D eigenvalue weighted by molar-refractivity contribution is 1.00. The summed E-state index contributed by atoms with van der Waals surface area (Å²) in [4.78, 5) is 0. The van der Waals surface area contributed by atoms with Crippen LogP contribution in [0.3, 0.4) is 0 Å². The maximum absolute atomic E-state index is 5.95. The molecule has 0 bridgehead atoms. The molecule has 1 aromatic rings. The Bertz CT molecular complexity index is 259. The van der Waals surface area contributed by atoms with Crippen LogP contribution in [0.1, 0.15) is 12.0 Å². The van der Waals surface area contributed by atoms with Crippen molar-refractivity contribution in [2.24, 2.45) is 0 Å². The number of rotatable bonds is 3. The molecule has 12 heavy (non-hydrogen) atoms. The number of halogens is 2. The molecule has 0 spiro atoms. The van der Waals surface area contributed by atoms with E-state index in [0.717, 1.165) is 28.5 Å². The Kier molecular flexibility index (Phi) is 3.64. The third-order valence-corrected chi connectivity index (χ3v) is 2.37. The highest BCUT2D eigenvalue weighted by atomic mass is 35.5. The van der Waals surface area contributed by atoms with Gasteiger partial charge in [0.25, 0.3) is 0 Å². The number of hydrogen-bond acceptors (Lipinski definition) is 0. The van der Waals surface area contributed by atoms with Crippen molar-refractivity contribution >= 4 is 23.2 Å². The van der Waals surface area contributed by atoms with Crippen LogP contribution in [-0.4, -0.2) is 0 Å². The van der Waals surface area contributed by atoms with Crippen molar-refractivity contribution in [3.05, 3.63) is 46.5 Å². The van der Waals surface area contributed by atoms with Gasteiger partial charge in [0.1, 0.15) is 0 Å². The van der Waals surface area contributed by atoms with Gasteiger partial charge in [-0.1, -0.05) is 35.3 Å². The molecule has 0 radical (unpaired) electrons. The van der Waals surface area contributed by atoms with Gasteiger partial charge in [-0.3, -0.25) is 0 Å². The number of hydrogen-bond donors (Lipinski definition) is 0. The average Bonchev–Trinajstić information content (AvgIpc) is 2.04. The maximum atomic E-state index is 5.95. The van der Waals surface area contributed by atoms with Gasteiger partial charge in [-0.2, -0.15) is 0 Å². The normalized spacial score (nSPS) is 9.83. The van der Waals surface area contributed by atoms with Crippen molar-refractivity contribution in [2.75, 3.05) is 0 Å². The lowest BCUT2D eigenvalue weighted by atomic mass is 10.1. The quantitative estimate of drug-likeness (QED) is 0.645. The van der Waals surface area contributed by atoms with Crippen molar-refractivity contribution in [3.8, 4) is 0 Å². The van der Waals surface area contributed by atoms with Crippen molar-refractivity contribution in [1.29, 1.82) is 0 Å². The minimum atomic E-state index is 0.740. The van der Waals surface area contributed by atoms with E-state index in [2.05, 4.69) is 6.58 Å². The molecule has 0 atom stereocenters. The standard InChI is InChI=1S/C10H10Cl2/c1-2-3-5-8-9(11)6-4-7-10(8)12/h2,4,6-7H,1,3,5H2. The molecule has 0 saturated carbocycles. The summed E-state index contributed by atoms with van der Waals surface area (Å²) in [5.41, 5.74) is 1.01. The zero-order valence-electron chi connectivity index (χ0n) is 6.69. The molecule has 1 rings (SSSR count). The Morgan fingerprint density at radius 1 is 1.25 bits per heavy atom. The van der Waals surface area contributed by atoms with Crippen LogP contribution in [0.5, 0.6) is 0 Å². The second-order valence-electron chi connectivity index (χ2n) is 2.53. The van der Waals surface area contributed by atoms with Gasteiger partial charge >= 0.3 is 0 Å². The van der Waals surface area contributed by atoms with Crippen molar-refractivity contribution < 1.29 is 0 Å². The topological polar surface area (TPSA) is 0 Å². The first kappa shape index (κ1) is 9.63. The van der Waals surface area contributed by atoms with Crippen molar-refractivity contribution in [3.63, 3.8) is 0 Å². The second kappa shape index (κ2) is 4.54. The monoisotopic (exact) mass is 200 g/mol. The highest BCUT2D eigenvalue weighted by Crippen LogP contribution is 2.25. The highest BCUT2D eigenvalue weighted by Gasteiger charge is 2.02. The molecule has 2 heteroatoms. The summed E-state index contributed by atoms with van der Waals surface area (Å²) < 4.78 is 0. The summed E-state index contributed by atoms with van der Waals surface area (Å²) in [5.74, 6) is 0. The Morgan fingerprint density at radius 2 is 1.83 bits per heavy atom. The van der Waals surface area contributed by atoms with Crippen LogP contribution in [0.2, 0.25) is 10.0 Å². The Hall–Kier alpha value is -0.460. The lowest BCUT2D eigenvalue weighted by Gasteiger charge is -2.03. The second-order valence-corrected chi connectivity index (χ2v) is 3.34. The molecule has 0 aliphatic carbocycles. The van der Waals surface area contributed by atoms with Crippen LogP contribution in [0, 0.1) is 0 Å². The van der Waals surface area contributed by atoms with E-state index in [9.17, 15) is 0 Å². The molecule has 0 aliphatic rings. The molecule has 0 unspecified atom stereocenters. The van der Waals surface area contributed by atoms with E-state index in [-0.39, 0.29) is 0 Å². The van der Waals surface area contributed by atoms with Gasteiger partial charge in [-0.05, 0) is 30.5 Å². The van der Waals surface area contributed by atoms with Gasteiger partial charge in [0.2, 0.25) is 0 Å². The first-order valence-corrected chi connectivity index (χ1v) is 4.55. The lowest BCUT2D eigenvalue weighted by Crippen LogP contribution is -1.86. The maximum Gasteiger partial charge on any atom is 0.0452 e. The number of benzene rings is 1.